The highest BCUT2D eigenvalue weighted by atomic mass is 19.1. The molecule has 0 amide bonds. The number of hydrogen-bond donors (Lipinski definition) is 3. The lowest BCUT2D eigenvalue weighted by Gasteiger charge is -2.43. The van der Waals surface area contributed by atoms with Crippen LogP contribution in [0.3, 0.4) is 0 Å². The molecule has 2 atom stereocenters. The Morgan fingerprint density at radius 2 is 1.83 bits per heavy atom. The van der Waals surface area contributed by atoms with E-state index in [2.05, 4.69) is 0 Å². The van der Waals surface area contributed by atoms with Gasteiger partial charge in [0, 0.05) is 19.6 Å². The normalized spacial score (nSPS) is 21.9. The fraction of sp³-hybridized carbons (Fsp3) is 0.364. The summed E-state index contributed by atoms with van der Waals surface area (Å²) in [5, 5.41) is 30.0. The Balaban J connectivity index is 1.84. The van der Waals surface area contributed by atoms with Crippen LogP contribution >= 0.6 is 0 Å². The first-order chi connectivity index (χ1) is 14.2. The highest BCUT2D eigenvalue weighted by Crippen LogP contribution is 2.35. The molecule has 1 aliphatic rings. The Morgan fingerprint density at radius 3 is 2.43 bits per heavy atom. The predicted molar refractivity (Wildman–Crippen MR) is 106 cm³/mol. The number of piperidine rings is 1. The van der Waals surface area contributed by atoms with Crippen LogP contribution in [0.1, 0.15) is 27.9 Å². The van der Waals surface area contributed by atoms with E-state index < -0.39 is 29.3 Å². The molecule has 7 nitrogen and oxygen atoms in total. The molecule has 2 aromatic rings. The monoisotopic (exact) mass is 417 g/mol. The zero-order chi connectivity index (χ0) is 21.9. The van der Waals surface area contributed by atoms with E-state index in [4.69, 9.17) is 4.74 Å². The van der Waals surface area contributed by atoms with Crippen molar-refractivity contribution in [2.45, 2.75) is 25.5 Å². The van der Waals surface area contributed by atoms with E-state index in [0.29, 0.717) is 24.2 Å². The molecule has 0 unspecified atom stereocenters. The first-order valence-electron chi connectivity index (χ1n) is 9.53. The molecule has 0 spiro atoms. The molecule has 8 heteroatoms. The predicted octanol–water partition coefficient (Wildman–Crippen LogP) is 2.41. The van der Waals surface area contributed by atoms with Crippen molar-refractivity contribution in [2.75, 3.05) is 20.2 Å². The molecule has 1 saturated heterocycles. The van der Waals surface area contributed by atoms with Crippen LogP contribution in [0, 0.1) is 11.2 Å². The third-order valence-electron chi connectivity index (χ3n) is 5.62. The van der Waals surface area contributed by atoms with Gasteiger partial charge in [0.1, 0.15) is 22.5 Å². The van der Waals surface area contributed by atoms with Crippen LogP contribution < -0.4 is 4.74 Å². The van der Waals surface area contributed by atoms with E-state index in [1.165, 1.54) is 37.4 Å². The number of ether oxygens (including phenoxy) is 1. The fourth-order valence-corrected chi connectivity index (χ4v) is 4.00. The number of halogens is 1. The molecule has 1 aliphatic heterocycles. The second-order valence-electron chi connectivity index (χ2n) is 7.62. The van der Waals surface area contributed by atoms with Gasteiger partial charge in [-0.1, -0.05) is 18.2 Å². The summed E-state index contributed by atoms with van der Waals surface area (Å²) >= 11 is 0. The van der Waals surface area contributed by atoms with E-state index in [1.54, 1.807) is 12.1 Å². The number of hydrogen-bond acceptors (Lipinski definition) is 5. The lowest BCUT2D eigenvalue weighted by atomic mass is 9.72. The summed E-state index contributed by atoms with van der Waals surface area (Å²) in [5.41, 5.74) is -0.0936. The highest BCUT2D eigenvalue weighted by Gasteiger charge is 2.49. The number of likely N-dealkylation sites (tertiary alicyclic amines) is 1. The Kier molecular flexibility index (Phi) is 6.38. The number of aliphatic hydroxyl groups is 1. The van der Waals surface area contributed by atoms with Gasteiger partial charge in [0.2, 0.25) is 0 Å². The largest absolute Gasteiger partial charge is 0.496 e. The van der Waals surface area contributed by atoms with E-state index in [0.717, 1.165) is 0 Å². The van der Waals surface area contributed by atoms with Gasteiger partial charge < -0.3 is 20.1 Å². The van der Waals surface area contributed by atoms with Crippen molar-refractivity contribution in [3.8, 4) is 5.75 Å². The van der Waals surface area contributed by atoms with Gasteiger partial charge in [0.05, 0.1) is 13.2 Å². The Bertz CT molecular complexity index is 932. The quantitative estimate of drug-likeness (QED) is 0.635. The minimum atomic E-state index is -1.45. The van der Waals surface area contributed by atoms with Crippen molar-refractivity contribution in [2.24, 2.45) is 5.41 Å². The second-order valence-corrected chi connectivity index (χ2v) is 7.62. The molecule has 30 heavy (non-hydrogen) atoms. The van der Waals surface area contributed by atoms with Crippen LogP contribution in [-0.4, -0.2) is 58.5 Å². The number of carboxylic acids is 2. The maximum absolute atomic E-state index is 13.2. The van der Waals surface area contributed by atoms with Crippen LogP contribution in [0.2, 0.25) is 0 Å². The Hall–Kier alpha value is -2.97. The average Bonchev–Trinajstić information content (AvgIpc) is 2.72. The minimum Gasteiger partial charge on any atom is -0.496 e. The summed E-state index contributed by atoms with van der Waals surface area (Å²) in [6, 6.07) is 10.4. The Labute approximate surface area is 173 Å². The van der Waals surface area contributed by atoms with Crippen LogP contribution in [0.5, 0.6) is 5.75 Å². The zero-order valence-corrected chi connectivity index (χ0v) is 16.5. The molecule has 3 rings (SSSR count). The third kappa shape index (κ3) is 4.44. The van der Waals surface area contributed by atoms with Gasteiger partial charge in [0.15, 0.2) is 0 Å². The molecule has 1 fully saturated rings. The van der Waals surface area contributed by atoms with Crippen molar-refractivity contribution < 1.29 is 34.0 Å². The summed E-state index contributed by atoms with van der Waals surface area (Å²) in [7, 11) is 1.39. The maximum atomic E-state index is 13.2. The molecular weight excluding hydrogens is 393 g/mol. The van der Waals surface area contributed by atoms with Gasteiger partial charge in [-0.2, -0.15) is 0 Å². The van der Waals surface area contributed by atoms with Gasteiger partial charge in [-0.15, -0.1) is 0 Å². The second kappa shape index (κ2) is 8.81. The van der Waals surface area contributed by atoms with E-state index >= 15 is 0 Å². The zero-order valence-electron chi connectivity index (χ0n) is 16.5. The standard InChI is InChI=1S/C22H24FNO6/c1-30-18-7-4-15(10-17(18)20(26)27)12-24-9-8-19(25)22(13-24,21(28)29)11-14-2-5-16(23)6-3-14/h2-7,10,19,25H,8-9,11-13H2,1H3,(H,26,27)(H,28,29)/t19-,22-/m1/s1. The van der Waals surface area contributed by atoms with Gasteiger partial charge in [-0.25, -0.2) is 9.18 Å². The number of carboxylic acid groups (broad SMARTS) is 2. The molecule has 2 aromatic carbocycles. The van der Waals surface area contributed by atoms with Crippen molar-refractivity contribution >= 4 is 11.9 Å². The molecule has 0 bridgehead atoms. The van der Waals surface area contributed by atoms with Crippen LogP contribution in [0.15, 0.2) is 42.5 Å². The molecule has 1 heterocycles. The number of benzene rings is 2. The Morgan fingerprint density at radius 1 is 1.17 bits per heavy atom. The van der Waals surface area contributed by atoms with Crippen molar-refractivity contribution in [3.63, 3.8) is 0 Å². The fourth-order valence-electron chi connectivity index (χ4n) is 4.00. The molecule has 3 N–H and O–H groups in total. The number of aliphatic hydroxyl groups excluding tert-OH is 1. The number of nitrogens with zero attached hydrogens (tertiary/aromatic N) is 1. The van der Waals surface area contributed by atoms with Gasteiger partial charge >= 0.3 is 11.9 Å². The number of aliphatic carboxylic acids is 1. The summed E-state index contributed by atoms with van der Waals surface area (Å²) in [4.78, 5) is 25.6. The molecule has 0 radical (unpaired) electrons. The molecule has 0 aromatic heterocycles. The third-order valence-corrected chi connectivity index (χ3v) is 5.62. The lowest BCUT2D eigenvalue weighted by Crippen LogP contribution is -2.56. The molecule has 160 valence electrons. The van der Waals surface area contributed by atoms with Gasteiger partial charge in [-0.05, 0) is 48.2 Å². The topological polar surface area (TPSA) is 107 Å². The van der Waals surface area contributed by atoms with E-state index in [9.17, 15) is 29.3 Å². The van der Waals surface area contributed by atoms with E-state index in [1.807, 2.05) is 4.90 Å². The van der Waals surface area contributed by atoms with Crippen LogP contribution in [0.25, 0.3) is 0 Å². The number of aromatic carboxylic acids is 1. The first kappa shape index (κ1) is 21.7. The van der Waals surface area contributed by atoms with Crippen molar-refractivity contribution in [3.05, 3.63) is 65.0 Å². The van der Waals surface area contributed by atoms with Gasteiger partial charge in [-0.3, -0.25) is 9.69 Å². The smallest absolute Gasteiger partial charge is 0.339 e. The highest BCUT2D eigenvalue weighted by molar-refractivity contribution is 5.91. The average molecular weight is 417 g/mol. The van der Waals surface area contributed by atoms with Crippen LogP contribution in [-0.2, 0) is 17.8 Å². The van der Waals surface area contributed by atoms with Crippen LogP contribution in [0.4, 0.5) is 4.39 Å². The summed E-state index contributed by atoms with van der Waals surface area (Å²) in [6.07, 6.45) is -0.736. The summed E-state index contributed by atoms with van der Waals surface area (Å²) in [6.45, 7) is 0.874. The number of methoxy groups -OCH3 is 1. The summed E-state index contributed by atoms with van der Waals surface area (Å²) in [5.74, 6) is -2.40. The molecule has 0 aliphatic carbocycles. The maximum Gasteiger partial charge on any atom is 0.339 e. The van der Waals surface area contributed by atoms with E-state index in [-0.39, 0.29) is 30.7 Å². The lowest BCUT2D eigenvalue weighted by molar-refractivity contribution is -0.163. The first-order valence-corrected chi connectivity index (χ1v) is 9.53. The van der Waals surface area contributed by atoms with Crippen molar-refractivity contribution in [1.82, 2.24) is 4.90 Å². The number of rotatable bonds is 7. The number of carbonyl (C=O) groups is 2. The summed E-state index contributed by atoms with van der Waals surface area (Å²) < 4.78 is 18.3. The molecular formula is C22H24FNO6. The minimum absolute atomic E-state index is 0.0304. The van der Waals surface area contributed by atoms with Gasteiger partial charge in [0.25, 0.3) is 0 Å². The van der Waals surface area contributed by atoms with Crippen molar-refractivity contribution in [1.29, 1.82) is 0 Å². The molecule has 0 saturated carbocycles. The SMILES string of the molecule is COc1ccc(CN2CC[C@@H](O)[C@](Cc3ccc(F)cc3)(C(=O)O)C2)cc1C(=O)O.